The number of hydrogen-bond acceptors (Lipinski definition) is 4. The van der Waals surface area contributed by atoms with Crippen LogP contribution in [-0.4, -0.2) is 25.0 Å². The summed E-state index contributed by atoms with van der Waals surface area (Å²) in [7, 11) is 0. The predicted octanol–water partition coefficient (Wildman–Crippen LogP) is 3.80. The number of rotatable bonds is 7. The third kappa shape index (κ3) is 5.53. The maximum atomic E-state index is 12.2. The van der Waals surface area contributed by atoms with Gasteiger partial charge in [-0.2, -0.15) is 5.26 Å². The Morgan fingerprint density at radius 2 is 1.84 bits per heavy atom. The quantitative estimate of drug-likeness (QED) is 0.585. The van der Waals surface area contributed by atoms with Crippen LogP contribution in [0.2, 0.25) is 0 Å². The first kappa shape index (κ1) is 18.9. The van der Waals surface area contributed by atoms with E-state index in [1.165, 1.54) is 12.6 Å². The summed E-state index contributed by atoms with van der Waals surface area (Å²) in [4.78, 5) is 14.5. The van der Waals surface area contributed by atoms with E-state index >= 15 is 0 Å². The molecule has 0 atom stereocenters. The topological polar surface area (TPSA) is 68.2 Å². The number of benzene rings is 1. The molecule has 2 N–H and O–H groups in total. The van der Waals surface area contributed by atoms with Crippen molar-refractivity contribution in [3.05, 3.63) is 36.0 Å². The molecule has 0 aromatic heterocycles. The third-order valence-corrected chi connectivity index (χ3v) is 4.68. The number of carbonyl (C=O) groups is 1. The van der Waals surface area contributed by atoms with Crippen LogP contribution in [0, 0.1) is 11.3 Å². The third-order valence-electron chi connectivity index (χ3n) is 4.68. The van der Waals surface area contributed by atoms with Crippen molar-refractivity contribution in [3.8, 4) is 6.07 Å². The van der Waals surface area contributed by atoms with E-state index in [2.05, 4.69) is 29.4 Å². The second-order valence-electron chi connectivity index (χ2n) is 6.34. The van der Waals surface area contributed by atoms with Crippen LogP contribution >= 0.6 is 0 Å². The van der Waals surface area contributed by atoms with Gasteiger partial charge < -0.3 is 15.5 Å². The molecule has 2 rings (SSSR count). The van der Waals surface area contributed by atoms with E-state index in [4.69, 9.17) is 0 Å². The van der Waals surface area contributed by atoms with Gasteiger partial charge in [-0.05, 0) is 51.0 Å². The lowest BCUT2D eigenvalue weighted by Crippen LogP contribution is -2.37. The summed E-state index contributed by atoms with van der Waals surface area (Å²) in [6, 6.07) is 10.2. The van der Waals surface area contributed by atoms with E-state index in [9.17, 15) is 10.1 Å². The lowest BCUT2D eigenvalue weighted by Gasteiger charge is -2.22. The Kier molecular flexibility index (Phi) is 7.34. The van der Waals surface area contributed by atoms with E-state index in [-0.39, 0.29) is 17.5 Å². The zero-order valence-corrected chi connectivity index (χ0v) is 15.2. The predicted molar refractivity (Wildman–Crippen MR) is 102 cm³/mol. The number of amides is 1. The van der Waals surface area contributed by atoms with Crippen molar-refractivity contribution in [2.24, 2.45) is 0 Å². The van der Waals surface area contributed by atoms with E-state index in [0.29, 0.717) is 0 Å². The van der Waals surface area contributed by atoms with Crippen LogP contribution in [-0.2, 0) is 4.79 Å². The van der Waals surface area contributed by atoms with Gasteiger partial charge >= 0.3 is 0 Å². The molecule has 1 amide bonds. The van der Waals surface area contributed by atoms with Crippen molar-refractivity contribution in [1.82, 2.24) is 5.32 Å². The largest absolute Gasteiger partial charge is 0.372 e. The Balaban J connectivity index is 1.95. The average Bonchev–Trinajstić information content (AvgIpc) is 2.65. The van der Waals surface area contributed by atoms with Gasteiger partial charge in [0.1, 0.15) is 11.6 Å². The van der Waals surface area contributed by atoms with Crippen LogP contribution in [0.4, 0.5) is 11.4 Å². The van der Waals surface area contributed by atoms with Gasteiger partial charge in [0.05, 0.1) is 0 Å². The normalized spacial score (nSPS) is 15.3. The lowest BCUT2D eigenvalue weighted by molar-refractivity contribution is -0.118. The fourth-order valence-corrected chi connectivity index (χ4v) is 3.17. The molecule has 0 unspecified atom stereocenters. The summed E-state index contributed by atoms with van der Waals surface area (Å²) < 4.78 is 0. The van der Waals surface area contributed by atoms with Crippen molar-refractivity contribution in [2.75, 3.05) is 23.3 Å². The highest BCUT2D eigenvalue weighted by molar-refractivity contribution is 5.97. The highest BCUT2D eigenvalue weighted by atomic mass is 16.1. The molecule has 1 aromatic carbocycles. The second kappa shape index (κ2) is 9.73. The average molecular weight is 340 g/mol. The molecule has 0 saturated heterocycles. The highest BCUT2D eigenvalue weighted by Crippen LogP contribution is 2.19. The van der Waals surface area contributed by atoms with E-state index < -0.39 is 0 Å². The number of hydrogen-bond donors (Lipinski definition) is 2. The van der Waals surface area contributed by atoms with Gasteiger partial charge in [0.2, 0.25) is 0 Å². The maximum Gasteiger partial charge on any atom is 0.263 e. The summed E-state index contributed by atoms with van der Waals surface area (Å²) in [6.07, 6.45) is 7.03. The number of nitrogens with zero attached hydrogens (tertiary/aromatic N) is 2. The minimum absolute atomic E-state index is 0.110. The number of anilines is 2. The van der Waals surface area contributed by atoms with Crippen molar-refractivity contribution < 1.29 is 4.79 Å². The molecular formula is C20H28N4O. The van der Waals surface area contributed by atoms with Crippen molar-refractivity contribution in [2.45, 2.75) is 52.0 Å². The summed E-state index contributed by atoms with van der Waals surface area (Å²) >= 11 is 0. The molecule has 1 aliphatic rings. The van der Waals surface area contributed by atoms with Crippen LogP contribution in [0.3, 0.4) is 0 Å². The zero-order chi connectivity index (χ0) is 18.1. The van der Waals surface area contributed by atoms with Gasteiger partial charge in [0.25, 0.3) is 5.91 Å². The summed E-state index contributed by atoms with van der Waals surface area (Å²) in [5.41, 5.74) is 2.13. The van der Waals surface area contributed by atoms with Gasteiger partial charge in [-0.1, -0.05) is 19.3 Å². The number of carbonyl (C=O) groups excluding carboxylic acids is 1. The summed E-state index contributed by atoms with van der Waals surface area (Å²) in [6.45, 7) is 6.18. The smallest absolute Gasteiger partial charge is 0.263 e. The monoisotopic (exact) mass is 340 g/mol. The molecule has 25 heavy (non-hydrogen) atoms. The Bertz CT molecular complexity index is 620. The maximum absolute atomic E-state index is 12.2. The first-order chi connectivity index (χ1) is 12.2. The van der Waals surface area contributed by atoms with E-state index in [0.717, 1.165) is 50.1 Å². The molecule has 1 saturated carbocycles. The van der Waals surface area contributed by atoms with Gasteiger partial charge in [-0.3, -0.25) is 4.79 Å². The van der Waals surface area contributed by atoms with Crippen molar-refractivity contribution in [3.63, 3.8) is 0 Å². The molecule has 134 valence electrons. The fraction of sp³-hybridized carbons (Fsp3) is 0.500. The van der Waals surface area contributed by atoms with Crippen LogP contribution in [0.5, 0.6) is 0 Å². The van der Waals surface area contributed by atoms with Gasteiger partial charge in [-0.25, -0.2) is 0 Å². The first-order valence-electron chi connectivity index (χ1n) is 9.20. The van der Waals surface area contributed by atoms with Crippen LogP contribution in [0.25, 0.3) is 0 Å². The molecule has 1 aromatic rings. The molecule has 1 aliphatic carbocycles. The molecule has 5 heteroatoms. The molecule has 0 spiro atoms. The molecular weight excluding hydrogens is 312 g/mol. The Morgan fingerprint density at radius 1 is 1.20 bits per heavy atom. The molecule has 1 fully saturated rings. The minimum Gasteiger partial charge on any atom is -0.372 e. The van der Waals surface area contributed by atoms with Crippen molar-refractivity contribution in [1.29, 1.82) is 5.26 Å². The second-order valence-corrected chi connectivity index (χ2v) is 6.34. The SMILES string of the molecule is CCN(CC)c1ccc(N/C=C(/C#N)C(=O)NC2CCCCC2)cc1. The van der Waals surface area contributed by atoms with Gasteiger partial charge in [-0.15, -0.1) is 0 Å². The Hall–Kier alpha value is -2.48. The zero-order valence-electron chi connectivity index (χ0n) is 15.2. The lowest BCUT2D eigenvalue weighted by atomic mass is 9.95. The van der Waals surface area contributed by atoms with E-state index in [1.54, 1.807) is 0 Å². The standard InChI is InChI=1S/C20H28N4O/c1-3-24(4-2)19-12-10-17(11-13-19)22-15-16(14-21)20(25)23-18-8-6-5-7-9-18/h10-13,15,18,22H,3-9H2,1-2H3,(H,23,25)/b16-15-. The number of nitriles is 1. The molecule has 5 nitrogen and oxygen atoms in total. The van der Waals surface area contributed by atoms with Crippen LogP contribution in [0.1, 0.15) is 46.0 Å². The minimum atomic E-state index is -0.290. The van der Waals surface area contributed by atoms with Crippen LogP contribution in [0.15, 0.2) is 36.0 Å². The number of nitrogens with one attached hydrogen (secondary N) is 2. The molecule has 0 radical (unpaired) electrons. The summed E-state index contributed by atoms with van der Waals surface area (Å²) in [5, 5.41) is 15.3. The van der Waals surface area contributed by atoms with Crippen LogP contribution < -0.4 is 15.5 Å². The Morgan fingerprint density at radius 3 is 2.40 bits per heavy atom. The first-order valence-corrected chi connectivity index (χ1v) is 9.20. The highest BCUT2D eigenvalue weighted by Gasteiger charge is 2.17. The molecule has 0 bridgehead atoms. The van der Waals surface area contributed by atoms with E-state index in [1.807, 2.05) is 30.3 Å². The van der Waals surface area contributed by atoms with Crippen molar-refractivity contribution >= 4 is 17.3 Å². The summed E-state index contributed by atoms with van der Waals surface area (Å²) in [5.74, 6) is -0.290. The molecule has 0 aliphatic heterocycles. The fourth-order valence-electron chi connectivity index (χ4n) is 3.17. The Labute approximate surface area is 150 Å². The molecule has 0 heterocycles. The van der Waals surface area contributed by atoms with Gasteiger partial charge in [0, 0.05) is 36.7 Å². The van der Waals surface area contributed by atoms with Gasteiger partial charge in [0.15, 0.2) is 0 Å².